The van der Waals surface area contributed by atoms with Crippen LogP contribution in [0.2, 0.25) is 0 Å². The highest BCUT2D eigenvalue weighted by Gasteiger charge is 2.19. The van der Waals surface area contributed by atoms with E-state index in [1.807, 2.05) is 19.1 Å². The Labute approximate surface area is 173 Å². The fourth-order valence-electron chi connectivity index (χ4n) is 3.28. The van der Waals surface area contributed by atoms with Gasteiger partial charge in [0.05, 0.1) is 18.2 Å². The van der Waals surface area contributed by atoms with E-state index in [-0.39, 0.29) is 12.0 Å². The van der Waals surface area contributed by atoms with Crippen LogP contribution in [-0.4, -0.2) is 17.7 Å². The Morgan fingerprint density at radius 2 is 1.86 bits per heavy atom. The molecule has 0 unspecified atom stereocenters. The molecule has 1 atom stereocenters. The maximum atomic E-state index is 12.1. The molecule has 0 fully saturated rings. The van der Waals surface area contributed by atoms with E-state index in [1.165, 1.54) is 16.7 Å². The molecule has 4 nitrogen and oxygen atoms in total. The minimum absolute atomic E-state index is 0.0918. The summed E-state index contributed by atoms with van der Waals surface area (Å²) in [7, 11) is 0. The summed E-state index contributed by atoms with van der Waals surface area (Å²) in [5, 5.41) is 7.22. The number of benzene rings is 2. The number of rotatable bonds is 6. The van der Waals surface area contributed by atoms with Crippen molar-refractivity contribution in [3.63, 3.8) is 0 Å². The molecule has 0 aliphatic heterocycles. The number of esters is 1. The van der Waals surface area contributed by atoms with Crippen LogP contribution in [-0.2, 0) is 4.74 Å². The third-order valence-corrected chi connectivity index (χ3v) is 5.01. The predicted molar refractivity (Wildman–Crippen MR) is 120 cm³/mol. The SMILES string of the molecule is CCOC(=O)c1cccc(NC(=S)N[C@H](c2ccc(C)cc2C)C(C)C)c1C. The molecular weight excluding hydrogens is 368 g/mol. The van der Waals surface area contributed by atoms with Crippen molar-refractivity contribution in [2.75, 3.05) is 11.9 Å². The molecule has 0 bridgehead atoms. The summed E-state index contributed by atoms with van der Waals surface area (Å²) in [6.07, 6.45) is 0. The van der Waals surface area contributed by atoms with E-state index in [2.05, 4.69) is 56.5 Å². The van der Waals surface area contributed by atoms with Crippen LogP contribution < -0.4 is 10.6 Å². The summed E-state index contributed by atoms with van der Waals surface area (Å²) in [6.45, 7) is 12.6. The van der Waals surface area contributed by atoms with Crippen molar-refractivity contribution in [1.82, 2.24) is 5.32 Å². The normalized spacial score (nSPS) is 11.8. The first kappa shape index (κ1) is 21.9. The Hall–Kier alpha value is -2.40. The Kier molecular flexibility index (Phi) is 7.58. The van der Waals surface area contributed by atoms with Crippen molar-refractivity contribution in [2.24, 2.45) is 5.92 Å². The molecule has 2 N–H and O–H groups in total. The van der Waals surface area contributed by atoms with Crippen molar-refractivity contribution in [3.8, 4) is 0 Å². The molecule has 0 aliphatic rings. The standard InChI is InChI=1S/C23H30N2O2S/c1-7-27-22(26)19-9-8-10-20(17(19)6)24-23(28)25-21(14(2)3)18-12-11-15(4)13-16(18)5/h8-14,21H,7H2,1-6H3,(H2,24,25,28)/t21-/m0/s1. The van der Waals surface area contributed by atoms with Gasteiger partial charge >= 0.3 is 5.97 Å². The summed E-state index contributed by atoms with van der Waals surface area (Å²) >= 11 is 5.58. The van der Waals surface area contributed by atoms with Crippen LogP contribution in [0.5, 0.6) is 0 Å². The molecule has 0 saturated heterocycles. The highest BCUT2D eigenvalue weighted by atomic mass is 32.1. The van der Waals surface area contributed by atoms with Crippen molar-refractivity contribution < 1.29 is 9.53 Å². The maximum absolute atomic E-state index is 12.1. The number of thiocarbonyl (C=S) groups is 1. The third kappa shape index (κ3) is 5.32. The van der Waals surface area contributed by atoms with E-state index in [0.717, 1.165) is 11.3 Å². The van der Waals surface area contributed by atoms with Crippen LogP contribution >= 0.6 is 12.2 Å². The zero-order valence-electron chi connectivity index (χ0n) is 17.6. The monoisotopic (exact) mass is 398 g/mol. The zero-order valence-corrected chi connectivity index (χ0v) is 18.4. The van der Waals surface area contributed by atoms with Crippen LogP contribution in [0.25, 0.3) is 0 Å². The van der Waals surface area contributed by atoms with Crippen LogP contribution in [0.15, 0.2) is 36.4 Å². The van der Waals surface area contributed by atoms with Crippen molar-refractivity contribution in [1.29, 1.82) is 0 Å². The molecule has 0 amide bonds. The van der Waals surface area contributed by atoms with Gasteiger partial charge in [0, 0.05) is 5.69 Å². The average Bonchev–Trinajstić information content (AvgIpc) is 2.62. The van der Waals surface area contributed by atoms with Gasteiger partial charge in [-0.2, -0.15) is 0 Å². The smallest absolute Gasteiger partial charge is 0.338 e. The minimum atomic E-state index is -0.321. The summed E-state index contributed by atoms with van der Waals surface area (Å²) in [6, 6.07) is 12.1. The zero-order chi connectivity index (χ0) is 20.8. The summed E-state index contributed by atoms with van der Waals surface area (Å²) in [5.74, 6) is 0.0333. The average molecular weight is 399 g/mol. The Morgan fingerprint density at radius 3 is 2.46 bits per heavy atom. The minimum Gasteiger partial charge on any atom is -0.462 e. The van der Waals surface area contributed by atoms with Gasteiger partial charge in [-0.1, -0.05) is 43.7 Å². The number of carbonyl (C=O) groups excluding carboxylic acids is 1. The van der Waals surface area contributed by atoms with Crippen LogP contribution in [0, 0.1) is 26.7 Å². The Balaban J connectivity index is 2.20. The molecule has 0 aliphatic carbocycles. The molecule has 0 radical (unpaired) electrons. The van der Waals surface area contributed by atoms with E-state index in [4.69, 9.17) is 17.0 Å². The van der Waals surface area contributed by atoms with Crippen molar-refractivity contribution in [3.05, 3.63) is 64.2 Å². The molecular formula is C23H30N2O2S. The summed E-state index contributed by atoms with van der Waals surface area (Å²) in [4.78, 5) is 12.1. The molecule has 0 aromatic heterocycles. The van der Waals surface area contributed by atoms with Gasteiger partial charge in [-0.05, 0) is 74.7 Å². The molecule has 0 heterocycles. The maximum Gasteiger partial charge on any atom is 0.338 e. The Morgan fingerprint density at radius 1 is 1.14 bits per heavy atom. The molecule has 0 spiro atoms. The number of anilines is 1. The second-order valence-electron chi connectivity index (χ2n) is 7.38. The fraction of sp³-hybridized carbons (Fsp3) is 0.391. The number of hydrogen-bond donors (Lipinski definition) is 2. The lowest BCUT2D eigenvalue weighted by atomic mass is 9.92. The topological polar surface area (TPSA) is 50.4 Å². The van der Waals surface area contributed by atoms with Gasteiger partial charge in [0.2, 0.25) is 0 Å². The van der Waals surface area contributed by atoms with E-state index >= 15 is 0 Å². The predicted octanol–water partition coefficient (Wildman–Crippen LogP) is 5.47. The van der Waals surface area contributed by atoms with E-state index in [0.29, 0.717) is 23.2 Å². The van der Waals surface area contributed by atoms with Gasteiger partial charge in [0.15, 0.2) is 5.11 Å². The van der Waals surface area contributed by atoms with Gasteiger partial charge in [0.25, 0.3) is 0 Å². The lowest BCUT2D eigenvalue weighted by Crippen LogP contribution is -2.35. The first-order valence-corrected chi connectivity index (χ1v) is 10.1. The molecule has 2 aromatic rings. The molecule has 2 rings (SSSR count). The highest BCUT2D eigenvalue weighted by Crippen LogP contribution is 2.26. The first-order valence-electron chi connectivity index (χ1n) is 9.66. The van der Waals surface area contributed by atoms with Crippen LogP contribution in [0.1, 0.15) is 59.4 Å². The van der Waals surface area contributed by atoms with Gasteiger partial charge in [0.1, 0.15) is 0 Å². The second-order valence-corrected chi connectivity index (χ2v) is 7.79. The molecule has 150 valence electrons. The quantitative estimate of drug-likeness (QED) is 0.499. The fourth-order valence-corrected chi connectivity index (χ4v) is 3.52. The summed E-state index contributed by atoms with van der Waals surface area (Å²) in [5.41, 5.74) is 5.89. The first-order chi connectivity index (χ1) is 13.2. The third-order valence-electron chi connectivity index (χ3n) is 4.79. The molecule has 28 heavy (non-hydrogen) atoms. The highest BCUT2D eigenvalue weighted by molar-refractivity contribution is 7.80. The molecule has 5 heteroatoms. The number of aryl methyl sites for hydroxylation is 2. The van der Waals surface area contributed by atoms with Gasteiger partial charge in [-0.15, -0.1) is 0 Å². The van der Waals surface area contributed by atoms with Gasteiger partial charge in [-0.3, -0.25) is 0 Å². The van der Waals surface area contributed by atoms with E-state index in [9.17, 15) is 4.79 Å². The number of hydrogen-bond acceptors (Lipinski definition) is 3. The van der Waals surface area contributed by atoms with Crippen LogP contribution in [0.3, 0.4) is 0 Å². The summed E-state index contributed by atoms with van der Waals surface area (Å²) < 4.78 is 5.13. The number of nitrogens with one attached hydrogen (secondary N) is 2. The largest absolute Gasteiger partial charge is 0.462 e. The molecule has 0 saturated carbocycles. The second kappa shape index (κ2) is 9.69. The lowest BCUT2D eigenvalue weighted by Gasteiger charge is -2.27. The number of ether oxygens (including phenoxy) is 1. The van der Waals surface area contributed by atoms with Crippen LogP contribution in [0.4, 0.5) is 5.69 Å². The molecule has 2 aromatic carbocycles. The van der Waals surface area contributed by atoms with Gasteiger partial charge < -0.3 is 15.4 Å². The Bertz CT molecular complexity index is 862. The van der Waals surface area contributed by atoms with Crippen molar-refractivity contribution in [2.45, 2.75) is 47.6 Å². The van der Waals surface area contributed by atoms with E-state index in [1.54, 1.807) is 13.0 Å². The number of carbonyl (C=O) groups is 1. The van der Waals surface area contributed by atoms with Gasteiger partial charge in [-0.25, -0.2) is 4.79 Å². The van der Waals surface area contributed by atoms with E-state index < -0.39 is 0 Å². The van der Waals surface area contributed by atoms with Crippen molar-refractivity contribution >= 4 is 29.0 Å². The lowest BCUT2D eigenvalue weighted by molar-refractivity contribution is 0.0525.